The molecule has 0 aromatic rings. The fourth-order valence-corrected chi connectivity index (χ4v) is 4.27. The first kappa shape index (κ1) is 13.8. The van der Waals surface area contributed by atoms with Gasteiger partial charge in [-0.2, -0.15) is 8.42 Å². The summed E-state index contributed by atoms with van der Waals surface area (Å²) >= 11 is 0. The van der Waals surface area contributed by atoms with Crippen LogP contribution in [0.3, 0.4) is 0 Å². The third-order valence-electron chi connectivity index (χ3n) is 4.55. The normalized spacial score (nSPS) is 38.0. The van der Waals surface area contributed by atoms with E-state index in [0.717, 1.165) is 6.42 Å². The van der Waals surface area contributed by atoms with Crippen LogP contribution in [0.2, 0.25) is 0 Å². The molecule has 3 fully saturated rings. The van der Waals surface area contributed by atoms with Crippen molar-refractivity contribution in [3.63, 3.8) is 0 Å². The zero-order chi connectivity index (χ0) is 14.5. The van der Waals surface area contributed by atoms with Crippen LogP contribution >= 0.6 is 0 Å². The largest absolute Gasteiger partial charge is 0.465 e. The summed E-state index contributed by atoms with van der Waals surface area (Å²) in [4.78, 5) is 23.6. The predicted molar refractivity (Wildman–Crippen MR) is 65.1 cm³/mol. The molecule has 3 rings (SSSR count). The Morgan fingerprint density at radius 1 is 1.40 bits per heavy atom. The van der Waals surface area contributed by atoms with E-state index in [9.17, 15) is 18.0 Å². The van der Waals surface area contributed by atoms with E-state index in [1.54, 1.807) is 0 Å². The molecule has 5 unspecified atom stereocenters. The number of hydrogen-bond donors (Lipinski definition) is 1. The van der Waals surface area contributed by atoms with Gasteiger partial charge in [-0.1, -0.05) is 0 Å². The number of hydrogen-bond acceptors (Lipinski definition) is 6. The molecule has 0 radical (unpaired) electrons. The molecule has 0 amide bonds. The molecule has 1 saturated heterocycles. The third kappa shape index (κ3) is 2.31. The zero-order valence-electron chi connectivity index (χ0n) is 10.7. The molecule has 3 aliphatic rings. The second-order valence-corrected chi connectivity index (χ2v) is 7.31. The van der Waals surface area contributed by atoms with E-state index in [1.807, 2.05) is 0 Å². The van der Waals surface area contributed by atoms with Crippen LogP contribution in [-0.2, 0) is 29.2 Å². The van der Waals surface area contributed by atoms with E-state index in [-0.39, 0.29) is 42.9 Å². The quantitative estimate of drug-likeness (QED) is 0.433. The van der Waals surface area contributed by atoms with E-state index < -0.39 is 27.8 Å². The van der Waals surface area contributed by atoms with Crippen molar-refractivity contribution < 1.29 is 32.0 Å². The van der Waals surface area contributed by atoms with Crippen molar-refractivity contribution in [1.29, 1.82) is 0 Å². The summed E-state index contributed by atoms with van der Waals surface area (Å²) < 4.78 is 39.9. The van der Waals surface area contributed by atoms with Crippen molar-refractivity contribution >= 4 is 22.1 Å². The lowest BCUT2D eigenvalue weighted by Gasteiger charge is -2.23. The highest BCUT2D eigenvalue weighted by Gasteiger charge is 2.64. The van der Waals surface area contributed by atoms with Crippen LogP contribution in [0.1, 0.15) is 19.3 Å². The van der Waals surface area contributed by atoms with E-state index >= 15 is 0 Å². The SMILES string of the molecule is O=C1OC2C3CC(CC13)C2C(=O)OCCCS(=O)(=O)O. The first-order chi connectivity index (χ1) is 9.37. The maximum absolute atomic E-state index is 12.0. The molecule has 112 valence electrons. The maximum Gasteiger partial charge on any atom is 0.313 e. The Morgan fingerprint density at radius 2 is 2.15 bits per heavy atom. The summed E-state index contributed by atoms with van der Waals surface area (Å²) in [6.45, 7) is -0.0589. The van der Waals surface area contributed by atoms with E-state index in [2.05, 4.69) is 0 Å². The van der Waals surface area contributed by atoms with Crippen LogP contribution in [-0.4, -0.2) is 43.4 Å². The molecule has 0 aromatic carbocycles. The number of esters is 2. The monoisotopic (exact) mass is 304 g/mol. The van der Waals surface area contributed by atoms with Gasteiger partial charge in [0.1, 0.15) is 6.10 Å². The minimum absolute atomic E-state index is 0.0476. The van der Waals surface area contributed by atoms with Gasteiger partial charge in [0.25, 0.3) is 10.1 Å². The summed E-state index contributed by atoms with van der Waals surface area (Å²) in [5.41, 5.74) is 0. The Morgan fingerprint density at radius 3 is 2.85 bits per heavy atom. The number of fused-ring (bicyclic) bond motifs is 1. The highest BCUT2D eigenvalue weighted by Crippen LogP contribution is 2.57. The number of carbonyl (C=O) groups is 2. The average Bonchev–Trinajstić information content (AvgIpc) is 2.94. The van der Waals surface area contributed by atoms with Crippen LogP contribution < -0.4 is 0 Å². The van der Waals surface area contributed by atoms with Crippen molar-refractivity contribution in [2.24, 2.45) is 23.7 Å². The Hall–Kier alpha value is -1.15. The van der Waals surface area contributed by atoms with Crippen LogP contribution in [0.5, 0.6) is 0 Å². The lowest BCUT2D eigenvalue weighted by atomic mass is 9.82. The zero-order valence-corrected chi connectivity index (χ0v) is 11.5. The third-order valence-corrected chi connectivity index (χ3v) is 5.35. The van der Waals surface area contributed by atoms with E-state index in [4.69, 9.17) is 14.0 Å². The van der Waals surface area contributed by atoms with Crippen LogP contribution in [0.15, 0.2) is 0 Å². The maximum atomic E-state index is 12.0. The fourth-order valence-electron chi connectivity index (χ4n) is 3.79. The topological polar surface area (TPSA) is 107 Å². The van der Waals surface area contributed by atoms with Crippen molar-refractivity contribution in [2.45, 2.75) is 25.4 Å². The minimum Gasteiger partial charge on any atom is -0.465 e. The summed E-state index contributed by atoms with van der Waals surface area (Å²) in [7, 11) is -4.03. The number of ether oxygens (including phenoxy) is 2. The van der Waals surface area contributed by atoms with Gasteiger partial charge in [0.05, 0.1) is 24.2 Å². The van der Waals surface area contributed by atoms with Gasteiger partial charge in [-0.3, -0.25) is 14.1 Å². The molecule has 8 heteroatoms. The molecule has 1 N–H and O–H groups in total. The van der Waals surface area contributed by atoms with Crippen LogP contribution in [0.25, 0.3) is 0 Å². The van der Waals surface area contributed by atoms with E-state index in [0.29, 0.717) is 6.42 Å². The van der Waals surface area contributed by atoms with Crippen molar-refractivity contribution in [1.82, 2.24) is 0 Å². The van der Waals surface area contributed by atoms with Gasteiger partial charge in [0, 0.05) is 5.92 Å². The van der Waals surface area contributed by atoms with Gasteiger partial charge in [0.2, 0.25) is 0 Å². The lowest BCUT2D eigenvalue weighted by molar-refractivity contribution is -0.156. The highest BCUT2D eigenvalue weighted by molar-refractivity contribution is 7.85. The standard InChI is InChI=1S/C12H16O7S/c13-11-8-5-6-4-7(8)10(19-11)9(6)12(14)18-2-1-3-20(15,16)17/h6-10H,1-5H2,(H,15,16,17). The van der Waals surface area contributed by atoms with Crippen molar-refractivity contribution in [3.8, 4) is 0 Å². The molecule has 7 nitrogen and oxygen atoms in total. The molecule has 1 aliphatic heterocycles. The minimum atomic E-state index is -4.03. The van der Waals surface area contributed by atoms with Gasteiger partial charge in [-0.25, -0.2) is 0 Å². The van der Waals surface area contributed by atoms with E-state index in [1.165, 1.54) is 0 Å². The molecule has 2 saturated carbocycles. The highest BCUT2D eigenvalue weighted by atomic mass is 32.2. The molecule has 0 aromatic heterocycles. The number of rotatable bonds is 5. The molecule has 2 bridgehead atoms. The first-order valence-corrected chi connectivity index (χ1v) is 8.30. The fraction of sp³-hybridized carbons (Fsp3) is 0.833. The molecular formula is C12H16O7S. The van der Waals surface area contributed by atoms with Gasteiger partial charge in [-0.15, -0.1) is 0 Å². The molecule has 0 spiro atoms. The first-order valence-electron chi connectivity index (χ1n) is 6.69. The number of carbonyl (C=O) groups excluding carboxylic acids is 2. The van der Waals surface area contributed by atoms with Gasteiger partial charge >= 0.3 is 11.9 Å². The van der Waals surface area contributed by atoms with Crippen molar-refractivity contribution in [2.75, 3.05) is 12.4 Å². The van der Waals surface area contributed by atoms with Crippen LogP contribution in [0, 0.1) is 23.7 Å². The van der Waals surface area contributed by atoms with Gasteiger partial charge in [0.15, 0.2) is 0 Å². The van der Waals surface area contributed by atoms with Gasteiger partial charge in [-0.05, 0) is 25.2 Å². The second kappa shape index (κ2) is 4.70. The lowest BCUT2D eigenvalue weighted by Crippen LogP contribution is -2.34. The molecular weight excluding hydrogens is 288 g/mol. The molecule has 1 heterocycles. The summed E-state index contributed by atoms with van der Waals surface area (Å²) in [5, 5.41) is 0. The molecule has 2 aliphatic carbocycles. The van der Waals surface area contributed by atoms with Crippen molar-refractivity contribution in [3.05, 3.63) is 0 Å². The Balaban J connectivity index is 1.53. The van der Waals surface area contributed by atoms with Crippen LogP contribution in [0.4, 0.5) is 0 Å². The summed E-state index contributed by atoms with van der Waals surface area (Å²) in [6.07, 6.45) is 1.20. The smallest absolute Gasteiger partial charge is 0.313 e. The average molecular weight is 304 g/mol. The summed E-state index contributed by atoms with van der Waals surface area (Å²) in [6, 6.07) is 0. The van der Waals surface area contributed by atoms with Gasteiger partial charge < -0.3 is 9.47 Å². The Kier molecular flexibility index (Phi) is 3.24. The second-order valence-electron chi connectivity index (χ2n) is 5.74. The predicted octanol–water partition coefficient (Wildman–Crippen LogP) is 0.00510. The molecule has 20 heavy (non-hydrogen) atoms. The Bertz CT molecular complexity index is 540. The Labute approximate surface area is 116 Å². The summed E-state index contributed by atoms with van der Waals surface area (Å²) in [5.74, 6) is -1.24. The molecule has 5 atom stereocenters.